The third kappa shape index (κ3) is 6.04. The average Bonchev–Trinajstić information content (AvgIpc) is 2.39. The minimum atomic E-state index is -1.78. The molecule has 0 aliphatic heterocycles. The van der Waals surface area contributed by atoms with Crippen LogP contribution in [0.1, 0.15) is 58.3 Å². The monoisotopic (exact) mass is 282 g/mol. The maximum absolute atomic E-state index is 11.2. The van der Waals surface area contributed by atoms with E-state index in [1.807, 2.05) is 6.08 Å². The van der Waals surface area contributed by atoms with Gasteiger partial charge in [-0.3, -0.25) is 9.59 Å². The van der Waals surface area contributed by atoms with E-state index in [9.17, 15) is 9.59 Å². The Labute approximate surface area is 121 Å². The Hall–Kier alpha value is -1.58. The molecule has 0 amide bonds. The SMILES string of the molecule is C=CCC(CC=CCCCCCCC)(C(=O)O)C(=O)O. The number of aliphatic carboxylic acids is 2. The molecule has 20 heavy (non-hydrogen) atoms. The van der Waals surface area contributed by atoms with Crippen LogP contribution in [0.15, 0.2) is 24.8 Å². The second-order valence-electron chi connectivity index (χ2n) is 5.06. The molecule has 0 fully saturated rings. The molecule has 0 unspecified atom stereocenters. The van der Waals surface area contributed by atoms with Crippen LogP contribution < -0.4 is 0 Å². The van der Waals surface area contributed by atoms with E-state index >= 15 is 0 Å². The summed E-state index contributed by atoms with van der Waals surface area (Å²) >= 11 is 0. The molecule has 114 valence electrons. The summed E-state index contributed by atoms with van der Waals surface area (Å²) in [4.78, 5) is 22.5. The molecule has 0 saturated heterocycles. The fourth-order valence-corrected chi connectivity index (χ4v) is 2.04. The number of carboxylic acids is 2. The molecule has 0 aliphatic carbocycles. The molecule has 0 saturated carbocycles. The minimum absolute atomic E-state index is 0.00134. The van der Waals surface area contributed by atoms with E-state index in [0.717, 1.165) is 19.3 Å². The molecule has 0 aliphatic rings. The second-order valence-corrected chi connectivity index (χ2v) is 5.06. The third-order valence-corrected chi connectivity index (χ3v) is 3.42. The zero-order valence-electron chi connectivity index (χ0n) is 12.3. The highest BCUT2D eigenvalue weighted by atomic mass is 16.4. The van der Waals surface area contributed by atoms with Crippen LogP contribution in [0, 0.1) is 5.41 Å². The highest BCUT2D eigenvalue weighted by molar-refractivity contribution is 5.98. The van der Waals surface area contributed by atoms with Gasteiger partial charge in [0.25, 0.3) is 0 Å². The summed E-state index contributed by atoms with van der Waals surface area (Å²) < 4.78 is 0. The first-order valence-corrected chi connectivity index (χ1v) is 7.24. The summed E-state index contributed by atoms with van der Waals surface area (Å²) in [7, 11) is 0. The van der Waals surface area contributed by atoms with Crippen molar-refractivity contribution in [3.63, 3.8) is 0 Å². The van der Waals surface area contributed by atoms with Crippen molar-refractivity contribution in [1.82, 2.24) is 0 Å². The zero-order valence-corrected chi connectivity index (χ0v) is 12.3. The first-order valence-electron chi connectivity index (χ1n) is 7.24. The molecule has 0 radical (unpaired) electrons. The first kappa shape index (κ1) is 18.4. The standard InChI is InChI=1S/C16H26O4/c1-3-5-6-7-8-9-10-11-13-16(12-4-2,14(17)18)15(19)20/h4,10-11H,2-3,5-9,12-13H2,1H3,(H,17,18)(H,19,20). The van der Waals surface area contributed by atoms with Gasteiger partial charge in [0.05, 0.1) is 0 Å². The lowest BCUT2D eigenvalue weighted by molar-refractivity contribution is -0.164. The van der Waals surface area contributed by atoms with Gasteiger partial charge in [-0.25, -0.2) is 0 Å². The number of allylic oxidation sites excluding steroid dienone is 3. The first-order chi connectivity index (χ1) is 9.51. The van der Waals surface area contributed by atoms with E-state index in [0.29, 0.717) is 0 Å². The van der Waals surface area contributed by atoms with Crippen LogP contribution in [0.5, 0.6) is 0 Å². The Kier molecular flexibility index (Phi) is 9.43. The molecule has 4 heteroatoms. The normalized spacial score (nSPS) is 11.7. The molecule has 4 nitrogen and oxygen atoms in total. The van der Waals surface area contributed by atoms with E-state index < -0.39 is 17.4 Å². The fraction of sp³-hybridized carbons (Fsp3) is 0.625. The quantitative estimate of drug-likeness (QED) is 0.322. The highest BCUT2D eigenvalue weighted by Crippen LogP contribution is 2.29. The summed E-state index contributed by atoms with van der Waals surface area (Å²) in [6.45, 7) is 5.61. The van der Waals surface area contributed by atoms with Gasteiger partial charge in [-0.15, -0.1) is 6.58 Å². The van der Waals surface area contributed by atoms with Crippen molar-refractivity contribution < 1.29 is 19.8 Å². The molecular formula is C16H26O4. The summed E-state index contributed by atoms with van der Waals surface area (Å²) in [5.41, 5.74) is -1.78. The molecule has 0 atom stereocenters. The topological polar surface area (TPSA) is 74.6 Å². The van der Waals surface area contributed by atoms with Crippen molar-refractivity contribution >= 4 is 11.9 Å². The van der Waals surface area contributed by atoms with Crippen LogP contribution in [-0.2, 0) is 9.59 Å². The van der Waals surface area contributed by atoms with E-state index in [1.54, 1.807) is 6.08 Å². The zero-order chi connectivity index (χ0) is 15.4. The van der Waals surface area contributed by atoms with Gasteiger partial charge >= 0.3 is 11.9 Å². The van der Waals surface area contributed by atoms with Gasteiger partial charge < -0.3 is 10.2 Å². The van der Waals surface area contributed by atoms with Crippen LogP contribution in [0.2, 0.25) is 0 Å². The van der Waals surface area contributed by atoms with Gasteiger partial charge in [0, 0.05) is 0 Å². The number of hydrogen-bond donors (Lipinski definition) is 2. The maximum Gasteiger partial charge on any atom is 0.321 e. The Bertz CT molecular complexity index is 330. The number of carboxylic acid groups (broad SMARTS) is 2. The van der Waals surface area contributed by atoms with E-state index in [1.165, 1.54) is 25.3 Å². The molecule has 0 aromatic carbocycles. The van der Waals surface area contributed by atoms with Crippen molar-refractivity contribution in [3.05, 3.63) is 24.8 Å². The van der Waals surface area contributed by atoms with E-state index in [2.05, 4.69) is 13.5 Å². The summed E-state index contributed by atoms with van der Waals surface area (Å²) in [6, 6.07) is 0. The van der Waals surface area contributed by atoms with Crippen molar-refractivity contribution in [2.24, 2.45) is 5.41 Å². The average molecular weight is 282 g/mol. The van der Waals surface area contributed by atoms with Gasteiger partial charge in [-0.1, -0.05) is 50.8 Å². The molecule has 2 N–H and O–H groups in total. The van der Waals surface area contributed by atoms with Crippen molar-refractivity contribution in [1.29, 1.82) is 0 Å². The van der Waals surface area contributed by atoms with E-state index in [-0.39, 0.29) is 12.8 Å². The number of carbonyl (C=O) groups is 2. The van der Waals surface area contributed by atoms with Crippen LogP contribution in [-0.4, -0.2) is 22.2 Å². The van der Waals surface area contributed by atoms with Crippen molar-refractivity contribution in [3.8, 4) is 0 Å². The lowest BCUT2D eigenvalue weighted by Gasteiger charge is -2.21. The summed E-state index contributed by atoms with van der Waals surface area (Å²) in [5, 5.41) is 18.3. The van der Waals surface area contributed by atoms with Gasteiger partial charge in [0.2, 0.25) is 0 Å². The van der Waals surface area contributed by atoms with Gasteiger partial charge in [0.1, 0.15) is 0 Å². The van der Waals surface area contributed by atoms with Crippen LogP contribution >= 0.6 is 0 Å². The second kappa shape index (κ2) is 10.2. The number of rotatable bonds is 12. The lowest BCUT2D eigenvalue weighted by Crippen LogP contribution is -2.38. The Balaban J connectivity index is 4.29. The van der Waals surface area contributed by atoms with Crippen molar-refractivity contribution in [2.45, 2.75) is 58.3 Å². The van der Waals surface area contributed by atoms with Crippen LogP contribution in [0.3, 0.4) is 0 Å². The molecular weight excluding hydrogens is 256 g/mol. The third-order valence-electron chi connectivity index (χ3n) is 3.42. The summed E-state index contributed by atoms with van der Waals surface area (Å²) in [5.74, 6) is -2.62. The summed E-state index contributed by atoms with van der Waals surface area (Å²) in [6.07, 6.45) is 11.6. The molecule has 0 rings (SSSR count). The van der Waals surface area contributed by atoms with E-state index in [4.69, 9.17) is 10.2 Å². The predicted octanol–water partition coefficient (Wildman–Crippen LogP) is 4.02. The largest absolute Gasteiger partial charge is 0.480 e. The van der Waals surface area contributed by atoms with Crippen LogP contribution in [0.25, 0.3) is 0 Å². The lowest BCUT2D eigenvalue weighted by atomic mass is 9.81. The number of unbranched alkanes of at least 4 members (excludes halogenated alkanes) is 5. The molecule has 0 aromatic heterocycles. The Morgan fingerprint density at radius 2 is 1.60 bits per heavy atom. The predicted molar refractivity (Wildman–Crippen MR) is 79.7 cm³/mol. The molecule has 0 spiro atoms. The van der Waals surface area contributed by atoms with Gasteiger partial charge in [0.15, 0.2) is 5.41 Å². The van der Waals surface area contributed by atoms with Crippen LogP contribution in [0.4, 0.5) is 0 Å². The minimum Gasteiger partial charge on any atom is -0.480 e. The number of hydrogen-bond acceptors (Lipinski definition) is 2. The van der Waals surface area contributed by atoms with Crippen molar-refractivity contribution in [2.75, 3.05) is 0 Å². The molecule has 0 bridgehead atoms. The fourth-order valence-electron chi connectivity index (χ4n) is 2.04. The smallest absolute Gasteiger partial charge is 0.321 e. The van der Waals surface area contributed by atoms with Gasteiger partial charge in [-0.2, -0.15) is 0 Å². The van der Waals surface area contributed by atoms with Gasteiger partial charge in [-0.05, 0) is 25.7 Å². The highest BCUT2D eigenvalue weighted by Gasteiger charge is 2.44. The Morgan fingerprint density at radius 1 is 1.00 bits per heavy atom. The maximum atomic E-state index is 11.2. The molecule has 0 aromatic rings. The Morgan fingerprint density at radius 3 is 2.10 bits per heavy atom. The molecule has 0 heterocycles.